The maximum atomic E-state index is 11.0. The van der Waals surface area contributed by atoms with E-state index >= 15 is 0 Å². The summed E-state index contributed by atoms with van der Waals surface area (Å²) in [7, 11) is -4.05. The van der Waals surface area contributed by atoms with Crippen LogP contribution in [0.2, 0.25) is 5.02 Å². The van der Waals surface area contributed by atoms with Gasteiger partial charge in [0, 0.05) is 5.02 Å². The summed E-state index contributed by atoms with van der Waals surface area (Å²) < 4.78 is 31.0. The molecule has 0 radical (unpaired) electrons. The van der Waals surface area contributed by atoms with Crippen LogP contribution in [0.3, 0.4) is 0 Å². The first-order valence-corrected chi connectivity index (χ1v) is 8.84. The number of likely N-dealkylation sites (tertiary alicyclic amines) is 1. The summed E-state index contributed by atoms with van der Waals surface area (Å²) in [6.45, 7) is 5.29. The first-order valence-electron chi connectivity index (χ1n) is 6.85. The number of rotatable bonds is 4. The molecule has 1 aromatic rings. The third-order valence-corrected chi connectivity index (χ3v) is 5.06. The lowest BCUT2D eigenvalue weighted by molar-refractivity contribution is 0.222. The second-order valence-corrected chi connectivity index (χ2v) is 7.09. The van der Waals surface area contributed by atoms with Gasteiger partial charge in [-0.1, -0.05) is 36.7 Å². The van der Waals surface area contributed by atoms with Crippen LogP contribution in [-0.2, 0) is 15.9 Å². The molecule has 2 rings (SSSR count). The SMILES string of the molecule is CCN1CCC(c2cccc(CS(=O)(=O)O)c2Cl)CC1. The standard InChI is InChI=1S/C14H20ClNO3S/c1-2-16-8-6-11(7-9-16)13-5-3-4-12(14(13)15)10-20(17,18)19/h3-5,11H,2,6-10H2,1H3,(H,17,18,19). The molecule has 0 amide bonds. The Morgan fingerprint density at radius 3 is 2.55 bits per heavy atom. The van der Waals surface area contributed by atoms with Crippen LogP contribution in [0.15, 0.2) is 18.2 Å². The van der Waals surface area contributed by atoms with Gasteiger partial charge in [0.15, 0.2) is 0 Å². The van der Waals surface area contributed by atoms with Crippen molar-refractivity contribution >= 4 is 21.7 Å². The normalized spacial score (nSPS) is 18.4. The number of hydrogen-bond acceptors (Lipinski definition) is 3. The molecule has 0 bridgehead atoms. The van der Waals surface area contributed by atoms with Crippen molar-refractivity contribution in [1.29, 1.82) is 0 Å². The van der Waals surface area contributed by atoms with Gasteiger partial charge in [0.05, 0.1) is 0 Å². The lowest BCUT2D eigenvalue weighted by Crippen LogP contribution is -2.32. The summed E-state index contributed by atoms with van der Waals surface area (Å²) in [4.78, 5) is 2.40. The molecule has 20 heavy (non-hydrogen) atoms. The molecular formula is C14H20ClNO3S. The Morgan fingerprint density at radius 1 is 1.35 bits per heavy atom. The second kappa shape index (κ2) is 6.43. The Balaban J connectivity index is 2.19. The molecule has 0 atom stereocenters. The molecule has 6 heteroatoms. The van der Waals surface area contributed by atoms with Gasteiger partial charge in [-0.15, -0.1) is 0 Å². The van der Waals surface area contributed by atoms with Crippen LogP contribution in [0.4, 0.5) is 0 Å². The van der Waals surface area contributed by atoms with Gasteiger partial charge >= 0.3 is 0 Å². The molecular weight excluding hydrogens is 298 g/mol. The van der Waals surface area contributed by atoms with Crippen LogP contribution in [0.1, 0.15) is 36.8 Å². The van der Waals surface area contributed by atoms with Crippen LogP contribution in [-0.4, -0.2) is 37.5 Å². The lowest BCUT2D eigenvalue weighted by Gasteiger charge is -2.31. The highest BCUT2D eigenvalue weighted by Gasteiger charge is 2.23. The minimum Gasteiger partial charge on any atom is -0.304 e. The van der Waals surface area contributed by atoms with E-state index in [4.69, 9.17) is 16.2 Å². The summed E-state index contributed by atoms with van der Waals surface area (Å²) in [5.74, 6) is -0.0559. The van der Waals surface area contributed by atoms with Crippen molar-refractivity contribution in [1.82, 2.24) is 4.90 Å². The Kier molecular flexibility index (Phi) is 5.07. The topological polar surface area (TPSA) is 57.6 Å². The van der Waals surface area contributed by atoms with E-state index in [1.807, 2.05) is 12.1 Å². The fourth-order valence-corrected chi connectivity index (χ4v) is 3.84. The summed E-state index contributed by atoms with van der Waals surface area (Å²) in [5, 5.41) is 0.486. The Morgan fingerprint density at radius 2 is 2.00 bits per heavy atom. The number of piperidine rings is 1. The van der Waals surface area contributed by atoms with E-state index in [-0.39, 0.29) is 0 Å². The molecule has 1 fully saturated rings. The first kappa shape index (κ1) is 15.8. The van der Waals surface area contributed by atoms with E-state index in [9.17, 15) is 8.42 Å². The monoisotopic (exact) mass is 317 g/mol. The summed E-state index contributed by atoms with van der Waals surface area (Å²) in [5.41, 5.74) is 1.48. The lowest BCUT2D eigenvalue weighted by atomic mass is 9.88. The predicted octanol–water partition coefficient (Wildman–Crippen LogP) is 2.93. The molecule has 0 unspecified atom stereocenters. The molecule has 0 spiro atoms. The van der Waals surface area contributed by atoms with E-state index < -0.39 is 15.9 Å². The van der Waals surface area contributed by atoms with Gasteiger partial charge < -0.3 is 4.90 Å². The molecule has 0 saturated carbocycles. The highest BCUT2D eigenvalue weighted by molar-refractivity contribution is 7.85. The maximum absolute atomic E-state index is 11.0. The van der Waals surface area contributed by atoms with Crippen molar-refractivity contribution in [2.75, 3.05) is 19.6 Å². The van der Waals surface area contributed by atoms with E-state index in [2.05, 4.69) is 11.8 Å². The maximum Gasteiger partial charge on any atom is 0.269 e. The Bertz CT molecular complexity index is 566. The second-order valence-electron chi connectivity index (χ2n) is 5.26. The zero-order valence-electron chi connectivity index (χ0n) is 11.5. The number of hydrogen-bond donors (Lipinski definition) is 1. The molecule has 1 saturated heterocycles. The van der Waals surface area contributed by atoms with Crippen LogP contribution in [0, 0.1) is 0 Å². The number of benzene rings is 1. The van der Waals surface area contributed by atoms with Gasteiger partial charge in [-0.2, -0.15) is 8.42 Å². The highest BCUT2D eigenvalue weighted by Crippen LogP contribution is 2.34. The fraction of sp³-hybridized carbons (Fsp3) is 0.571. The third-order valence-electron chi connectivity index (χ3n) is 3.92. The van der Waals surface area contributed by atoms with Crippen molar-refractivity contribution in [2.45, 2.75) is 31.4 Å². The smallest absolute Gasteiger partial charge is 0.269 e. The molecule has 1 aliphatic heterocycles. The quantitative estimate of drug-likeness (QED) is 0.867. The van der Waals surface area contributed by atoms with Gasteiger partial charge in [-0.3, -0.25) is 4.55 Å². The van der Waals surface area contributed by atoms with Crippen LogP contribution < -0.4 is 0 Å². The van der Waals surface area contributed by atoms with Crippen molar-refractivity contribution in [3.8, 4) is 0 Å². The summed E-state index contributed by atoms with van der Waals surface area (Å²) in [6.07, 6.45) is 2.06. The van der Waals surface area contributed by atoms with Crippen LogP contribution >= 0.6 is 11.6 Å². The van der Waals surface area contributed by atoms with Crippen molar-refractivity contribution < 1.29 is 13.0 Å². The van der Waals surface area contributed by atoms with Gasteiger partial charge in [0.25, 0.3) is 10.1 Å². The molecule has 112 valence electrons. The van der Waals surface area contributed by atoms with E-state index in [0.717, 1.165) is 38.0 Å². The zero-order valence-corrected chi connectivity index (χ0v) is 13.1. The summed E-state index contributed by atoms with van der Waals surface area (Å²) >= 11 is 6.33. The molecule has 1 heterocycles. The van der Waals surface area contributed by atoms with Crippen LogP contribution in [0.5, 0.6) is 0 Å². The largest absolute Gasteiger partial charge is 0.304 e. The molecule has 1 aromatic carbocycles. The van der Waals surface area contributed by atoms with E-state index in [0.29, 0.717) is 16.5 Å². The van der Waals surface area contributed by atoms with Gasteiger partial charge in [-0.05, 0) is 49.5 Å². The van der Waals surface area contributed by atoms with E-state index in [1.54, 1.807) is 6.07 Å². The molecule has 1 aliphatic rings. The number of nitrogens with zero attached hydrogens (tertiary/aromatic N) is 1. The van der Waals surface area contributed by atoms with Gasteiger partial charge in [0.1, 0.15) is 5.75 Å². The minimum atomic E-state index is -4.05. The average Bonchev–Trinajstić information content (AvgIpc) is 2.40. The molecule has 0 aromatic heterocycles. The Labute approximate surface area is 125 Å². The average molecular weight is 318 g/mol. The first-order chi connectivity index (χ1) is 9.40. The van der Waals surface area contributed by atoms with Crippen molar-refractivity contribution in [3.63, 3.8) is 0 Å². The summed E-state index contributed by atoms with van der Waals surface area (Å²) in [6, 6.07) is 5.43. The molecule has 4 nitrogen and oxygen atoms in total. The van der Waals surface area contributed by atoms with Gasteiger partial charge in [-0.25, -0.2) is 0 Å². The minimum absolute atomic E-state index is 0.367. The van der Waals surface area contributed by atoms with E-state index in [1.165, 1.54) is 0 Å². The van der Waals surface area contributed by atoms with Gasteiger partial charge in [0.2, 0.25) is 0 Å². The number of halogens is 1. The van der Waals surface area contributed by atoms with Crippen molar-refractivity contribution in [3.05, 3.63) is 34.3 Å². The zero-order chi connectivity index (χ0) is 14.8. The Hall–Kier alpha value is -0.620. The highest BCUT2D eigenvalue weighted by atomic mass is 35.5. The molecule has 0 aliphatic carbocycles. The van der Waals surface area contributed by atoms with Crippen LogP contribution in [0.25, 0.3) is 0 Å². The molecule has 1 N–H and O–H groups in total. The third kappa shape index (κ3) is 3.95. The fourth-order valence-electron chi connectivity index (χ4n) is 2.78. The predicted molar refractivity (Wildman–Crippen MR) is 80.8 cm³/mol. The van der Waals surface area contributed by atoms with Crippen molar-refractivity contribution in [2.24, 2.45) is 0 Å².